The normalized spacial score (nSPS) is 10.8. The highest BCUT2D eigenvalue weighted by Gasteiger charge is 2.05. The second-order valence-corrected chi connectivity index (χ2v) is 4.24. The van der Waals surface area contributed by atoms with E-state index in [0.29, 0.717) is 12.2 Å². The van der Waals surface area contributed by atoms with Gasteiger partial charge < -0.3 is 0 Å². The van der Waals surface area contributed by atoms with E-state index in [4.69, 9.17) is 0 Å². The molecule has 0 saturated heterocycles. The van der Waals surface area contributed by atoms with E-state index in [1.807, 2.05) is 13.1 Å². The summed E-state index contributed by atoms with van der Waals surface area (Å²) in [4.78, 5) is 4.06. The second-order valence-electron chi connectivity index (χ2n) is 4.24. The average molecular weight is 257 g/mol. The lowest BCUT2D eigenvalue weighted by Crippen LogP contribution is -2.03. The molecule has 0 aliphatic carbocycles. The Bertz CT molecular complexity index is 700. The van der Waals surface area contributed by atoms with Gasteiger partial charge in [-0.2, -0.15) is 10.2 Å². The highest BCUT2D eigenvalue weighted by molar-refractivity contribution is 5.31. The zero-order valence-corrected chi connectivity index (χ0v) is 10.4. The molecule has 0 N–H and O–H groups in total. The zero-order chi connectivity index (χ0) is 13.2. The largest absolute Gasteiger partial charge is 0.246 e. The minimum Gasteiger partial charge on any atom is -0.246 e. The fourth-order valence-corrected chi connectivity index (χ4v) is 1.85. The van der Waals surface area contributed by atoms with Crippen LogP contribution in [0.2, 0.25) is 0 Å². The summed E-state index contributed by atoms with van der Waals surface area (Å²) in [5.41, 5.74) is 1.68. The summed E-state index contributed by atoms with van der Waals surface area (Å²) in [7, 11) is 0. The van der Waals surface area contributed by atoms with Crippen LogP contribution in [-0.4, -0.2) is 24.5 Å². The molecule has 0 fully saturated rings. The minimum absolute atomic E-state index is 0.276. The van der Waals surface area contributed by atoms with Gasteiger partial charge >= 0.3 is 0 Å². The summed E-state index contributed by atoms with van der Waals surface area (Å²) in [6.45, 7) is 2.49. The van der Waals surface area contributed by atoms with Crippen molar-refractivity contribution in [1.82, 2.24) is 24.5 Å². The van der Waals surface area contributed by atoms with Gasteiger partial charge in [0.1, 0.15) is 18.0 Å². The Labute approximate surface area is 109 Å². The summed E-state index contributed by atoms with van der Waals surface area (Å²) in [6, 6.07) is 6.32. The van der Waals surface area contributed by atoms with Gasteiger partial charge in [0.25, 0.3) is 0 Å². The Balaban J connectivity index is 1.86. The minimum atomic E-state index is -0.276. The number of aromatic nitrogens is 5. The second kappa shape index (κ2) is 4.64. The molecule has 5 nitrogen and oxygen atoms in total. The number of hydrogen-bond acceptors (Lipinski definition) is 3. The van der Waals surface area contributed by atoms with E-state index in [-0.39, 0.29) is 5.82 Å². The molecule has 0 spiro atoms. The molecule has 1 aromatic carbocycles. The molecule has 0 unspecified atom stereocenters. The molecule has 0 amide bonds. The van der Waals surface area contributed by atoms with E-state index in [0.717, 1.165) is 11.4 Å². The van der Waals surface area contributed by atoms with Crippen LogP contribution in [0, 0.1) is 12.7 Å². The lowest BCUT2D eigenvalue weighted by molar-refractivity contribution is 0.625. The lowest BCUT2D eigenvalue weighted by atomic mass is 10.3. The molecule has 0 atom stereocenters. The third-order valence-electron chi connectivity index (χ3n) is 2.85. The van der Waals surface area contributed by atoms with Crippen LogP contribution in [0.15, 0.2) is 43.0 Å². The fourth-order valence-electron chi connectivity index (χ4n) is 1.85. The molecular formula is C13H12FN5. The van der Waals surface area contributed by atoms with Crippen LogP contribution >= 0.6 is 0 Å². The Morgan fingerprint density at radius 2 is 2.16 bits per heavy atom. The topological polar surface area (TPSA) is 48.5 Å². The van der Waals surface area contributed by atoms with Crippen molar-refractivity contribution >= 4 is 0 Å². The predicted molar refractivity (Wildman–Crippen MR) is 67.4 cm³/mol. The average Bonchev–Trinajstić information content (AvgIpc) is 3.00. The predicted octanol–water partition coefficient (Wildman–Crippen LogP) is 1.96. The van der Waals surface area contributed by atoms with Crippen LogP contribution in [0.3, 0.4) is 0 Å². The number of benzene rings is 1. The van der Waals surface area contributed by atoms with Crippen molar-refractivity contribution in [1.29, 1.82) is 0 Å². The molecule has 0 aliphatic rings. The first kappa shape index (κ1) is 11.6. The zero-order valence-electron chi connectivity index (χ0n) is 10.4. The monoisotopic (exact) mass is 257 g/mol. The van der Waals surface area contributed by atoms with E-state index < -0.39 is 0 Å². The maximum atomic E-state index is 13.2. The summed E-state index contributed by atoms with van der Waals surface area (Å²) >= 11 is 0. The third-order valence-corrected chi connectivity index (χ3v) is 2.85. The highest BCUT2D eigenvalue weighted by atomic mass is 19.1. The van der Waals surface area contributed by atoms with Gasteiger partial charge in [-0.15, -0.1) is 0 Å². The molecule has 3 rings (SSSR count). The van der Waals surface area contributed by atoms with E-state index >= 15 is 0 Å². The maximum absolute atomic E-state index is 13.2. The van der Waals surface area contributed by atoms with Gasteiger partial charge in [0.15, 0.2) is 0 Å². The van der Waals surface area contributed by atoms with Crippen LogP contribution in [0.5, 0.6) is 0 Å². The van der Waals surface area contributed by atoms with Gasteiger partial charge in [0, 0.05) is 11.8 Å². The molecule has 19 heavy (non-hydrogen) atoms. The first-order valence-corrected chi connectivity index (χ1v) is 5.86. The van der Waals surface area contributed by atoms with Crippen LogP contribution in [0.1, 0.15) is 11.4 Å². The van der Waals surface area contributed by atoms with E-state index in [9.17, 15) is 4.39 Å². The number of hydrogen-bond donors (Lipinski definition) is 0. The summed E-state index contributed by atoms with van der Waals surface area (Å²) in [5, 5.41) is 8.34. The highest BCUT2D eigenvalue weighted by Crippen LogP contribution is 2.11. The quantitative estimate of drug-likeness (QED) is 0.720. The molecule has 2 aromatic heterocycles. The van der Waals surface area contributed by atoms with E-state index in [2.05, 4.69) is 15.2 Å². The van der Waals surface area contributed by atoms with Gasteiger partial charge in [0.05, 0.1) is 18.4 Å². The molecule has 0 radical (unpaired) electrons. The Hall–Kier alpha value is -2.50. The summed E-state index contributed by atoms with van der Waals surface area (Å²) in [6.07, 6.45) is 5.12. The van der Waals surface area contributed by atoms with Crippen molar-refractivity contribution in [2.75, 3.05) is 0 Å². The number of halogens is 1. The van der Waals surface area contributed by atoms with Gasteiger partial charge in [-0.1, -0.05) is 6.07 Å². The third kappa shape index (κ3) is 2.37. The Morgan fingerprint density at radius 1 is 1.26 bits per heavy atom. The molecule has 0 saturated carbocycles. The number of aryl methyl sites for hydroxylation is 1. The van der Waals surface area contributed by atoms with Crippen molar-refractivity contribution in [3.8, 4) is 5.69 Å². The molecule has 0 bridgehead atoms. The number of rotatable bonds is 3. The van der Waals surface area contributed by atoms with Crippen LogP contribution in [0.4, 0.5) is 4.39 Å². The smallest absolute Gasteiger partial charge is 0.138 e. The Morgan fingerprint density at radius 3 is 2.89 bits per heavy atom. The van der Waals surface area contributed by atoms with Crippen molar-refractivity contribution in [2.45, 2.75) is 13.5 Å². The molecule has 2 heterocycles. The molecule has 0 aliphatic heterocycles. The van der Waals surface area contributed by atoms with Crippen molar-refractivity contribution in [2.24, 2.45) is 0 Å². The molecule has 6 heteroatoms. The van der Waals surface area contributed by atoms with Crippen LogP contribution < -0.4 is 0 Å². The van der Waals surface area contributed by atoms with Crippen LogP contribution in [0.25, 0.3) is 5.69 Å². The van der Waals surface area contributed by atoms with Gasteiger partial charge in [0.2, 0.25) is 0 Å². The SMILES string of the molecule is Cc1ncnn1Cc1cnn(-c2cccc(F)c2)c1. The van der Waals surface area contributed by atoms with Crippen LogP contribution in [-0.2, 0) is 6.54 Å². The van der Waals surface area contributed by atoms with Crippen molar-refractivity contribution in [3.63, 3.8) is 0 Å². The van der Waals surface area contributed by atoms with Gasteiger partial charge in [-0.3, -0.25) is 0 Å². The molecule has 3 aromatic rings. The number of nitrogens with zero attached hydrogens (tertiary/aromatic N) is 5. The van der Waals surface area contributed by atoms with Gasteiger partial charge in [-0.05, 0) is 25.1 Å². The fraction of sp³-hybridized carbons (Fsp3) is 0.154. The maximum Gasteiger partial charge on any atom is 0.138 e. The first-order chi connectivity index (χ1) is 9.22. The standard InChI is InChI=1S/C13H12FN5/c1-10-15-9-17-18(10)7-11-6-16-19(8-11)13-4-2-3-12(14)5-13/h2-6,8-9H,7H2,1H3. The lowest BCUT2D eigenvalue weighted by Gasteiger charge is -2.01. The first-order valence-electron chi connectivity index (χ1n) is 5.86. The van der Waals surface area contributed by atoms with E-state index in [1.54, 1.807) is 27.7 Å². The van der Waals surface area contributed by atoms with Crippen molar-refractivity contribution in [3.05, 3.63) is 60.2 Å². The van der Waals surface area contributed by atoms with Gasteiger partial charge in [-0.25, -0.2) is 18.7 Å². The molecular weight excluding hydrogens is 245 g/mol. The summed E-state index contributed by atoms with van der Waals surface area (Å²) in [5.74, 6) is 0.570. The van der Waals surface area contributed by atoms with Crippen molar-refractivity contribution < 1.29 is 4.39 Å². The van der Waals surface area contributed by atoms with E-state index in [1.165, 1.54) is 18.5 Å². The molecule has 96 valence electrons. The Kier molecular flexibility index (Phi) is 2.83. The summed E-state index contributed by atoms with van der Waals surface area (Å²) < 4.78 is 16.6.